The van der Waals surface area contributed by atoms with E-state index in [1.165, 1.54) is 7.11 Å². The van der Waals surface area contributed by atoms with E-state index in [0.29, 0.717) is 29.3 Å². The minimum atomic E-state index is 0.327. The first-order valence-corrected chi connectivity index (χ1v) is 6.34. The second kappa shape index (κ2) is 7.83. The number of anilines is 2. The van der Waals surface area contributed by atoms with Crippen molar-refractivity contribution in [2.24, 2.45) is 5.73 Å². The van der Waals surface area contributed by atoms with Crippen molar-refractivity contribution in [3.63, 3.8) is 0 Å². The Bertz CT molecular complexity index is 387. The number of hydrogen-bond acceptors (Lipinski definition) is 6. The van der Waals surface area contributed by atoms with E-state index in [1.807, 2.05) is 12.1 Å². The van der Waals surface area contributed by atoms with E-state index in [0.717, 1.165) is 18.5 Å². The zero-order chi connectivity index (χ0) is 14.3. The van der Waals surface area contributed by atoms with Gasteiger partial charge >= 0.3 is 0 Å². The molecule has 1 aromatic rings. The van der Waals surface area contributed by atoms with Crippen LogP contribution in [0.4, 0.5) is 11.4 Å². The summed E-state index contributed by atoms with van der Waals surface area (Å²) in [6.45, 7) is 2.76. The summed E-state index contributed by atoms with van der Waals surface area (Å²) in [5, 5.41) is 13.6. The van der Waals surface area contributed by atoms with E-state index < -0.39 is 0 Å². The molecule has 0 saturated carbocycles. The van der Waals surface area contributed by atoms with Crippen LogP contribution in [-0.2, 0) is 4.84 Å². The maximum atomic E-state index is 9.54. The second-order valence-electron chi connectivity index (χ2n) is 4.17. The molecule has 0 bridgehead atoms. The number of nitrogens with two attached hydrogens (primary N) is 1. The standard InChI is InChI=1S/C13H23N3O3/c1-4-10(7-8-14)15-11-5-6-12(16(17)19-3)13(9-11)18-2/h5-6,9-10,15,17H,4,7-8,14H2,1-3H3. The van der Waals surface area contributed by atoms with Gasteiger partial charge in [0.2, 0.25) is 0 Å². The molecule has 1 atom stereocenters. The van der Waals surface area contributed by atoms with Crippen molar-refractivity contribution >= 4 is 11.4 Å². The summed E-state index contributed by atoms with van der Waals surface area (Å²) in [4.78, 5) is 4.73. The molecule has 0 aliphatic heterocycles. The Hall–Kier alpha value is -1.50. The maximum Gasteiger partial charge on any atom is 0.149 e. The third-order valence-electron chi connectivity index (χ3n) is 2.94. The topological polar surface area (TPSA) is 80.0 Å². The first kappa shape index (κ1) is 15.6. The van der Waals surface area contributed by atoms with E-state index in [-0.39, 0.29) is 0 Å². The number of rotatable bonds is 8. The highest BCUT2D eigenvalue weighted by molar-refractivity contribution is 5.63. The van der Waals surface area contributed by atoms with E-state index in [1.54, 1.807) is 13.2 Å². The molecular formula is C13H23N3O3. The summed E-state index contributed by atoms with van der Waals surface area (Å²) >= 11 is 0. The number of nitrogens with zero attached hydrogens (tertiary/aromatic N) is 1. The molecule has 108 valence electrons. The first-order valence-electron chi connectivity index (χ1n) is 6.34. The van der Waals surface area contributed by atoms with E-state index in [4.69, 9.17) is 15.3 Å². The van der Waals surface area contributed by atoms with Gasteiger partial charge in [0.25, 0.3) is 0 Å². The Morgan fingerprint density at radius 3 is 2.68 bits per heavy atom. The van der Waals surface area contributed by atoms with Gasteiger partial charge in [-0.25, -0.2) is 0 Å². The van der Waals surface area contributed by atoms with Crippen LogP contribution in [0.25, 0.3) is 0 Å². The Balaban J connectivity index is 2.87. The van der Waals surface area contributed by atoms with Crippen molar-refractivity contribution in [1.29, 1.82) is 0 Å². The molecule has 0 heterocycles. The molecule has 1 rings (SSSR count). The number of nitrogens with one attached hydrogen (secondary N) is 1. The summed E-state index contributed by atoms with van der Waals surface area (Å²) in [6, 6.07) is 5.73. The molecule has 19 heavy (non-hydrogen) atoms. The molecule has 6 heteroatoms. The van der Waals surface area contributed by atoms with Gasteiger partial charge in [-0.15, -0.1) is 5.23 Å². The molecule has 0 amide bonds. The van der Waals surface area contributed by atoms with Gasteiger partial charge in [-0.3, -0.25) is 10.0 Å². The zero-order valence-corrected chi connectivity index (χ0v) is 11.7. The van der Waals surface area contributed by atoms with Crippen molar-refractivity contribution in [2.45, 2.75) is 25.8 Å². The third-order valence-corrected chi connectivity index (χ3v) is 2.94. The average Bonchev–Trinajstić information content (AvgIpc) is 2.45. The van der Waals surface area contributed by atoms with E-state index in [9.17, 15) is 5.21 Å². The molecule has 4 N–H and O–H groups in total. The fraction of sp³-hybridized carbons (Fsp3) is 0.538. The second-order valence-corrected chi connectivity index (χ2v) is 4.17. The average molecular weight is 269 g/mol. The lowest BCUT2D eigenvalue weighted by Crippen LogP contribution is -2.22. The molecular weight excluding hydrogens is 246 g/mol. The van der Waals surface area contributed by atoms with Gasteiger partial charge in [-0.1, -0.05) is 6.92 Å². The van der Waals surface area contributed by atoms with Crippen molar-refractivity contribution in [3.8, 4) is 5.75 Å². The lowest BCUT2D eigenvalue weighted by Gasteiger charge is -2.20. The van der Waals surface area contributed by atoms with E-state index >= 15 is 0 Å². The van der Waals surface area contributed by atoms with E-state index in [2.05, 4.69) is 12.2 Å². The van der Waals surface area contributed by atoms with Gasteiger partial charge in [0.15, 0.2) is 0 Å². The van der Waals surface area contributed by atoms with Crippen molar-refractivity contribution in [2.75, 3.05) is 31.3 Å². The fourth-order valence-corrected chi connectivity index (χ4v) is 1.84. The van der Waals surface area contributed by atoms with Crippen molar-refractivity contribution in [1.82, 2.24) is 0 Å². The smallest absolute Gasteiger partial charge is 0.149 e. The maximum absolute atomic E-state index is 9.54. The Kier molecular flexibility index (Phi) is 6.41. The molecule has 0 saturated heterocycles. The van der Waals surface area contributed by atoms with Crippen LogP contribution in [0, 0.1) is 0 Å². The molecule has 1 aromatic carbocycles. The summed E-state index contributed by atoms with van der Waals surface area (Å²) in [7, 11) is 2.92. The minimum absolute atomic E-state index is 0.327. The first-order chi connectivity index (χ1) is 9.15. The Labute approximate surface area is 114 Å². The minimum Gasteiger partial charge on any atom is -0.494 e. The summed E-state index contributed by atoms with van der Waals surface area (Å²) < 4.78 is 5.24. The summed E-state index contributed by atoms with van der Waals surface area (Å²) in [5.74, 6) is 0.525. The quantitative estimate of drug-likeness (QED) is 0.626. The van der Waals surface area contributed by atoms with Crippen LogP contribution >= 0.6 is 0 Å². The monoisotopic (exact) mass is 269 g/mol. The number of ether oxygens (including phenoxy) is 1. The SMILES string of the molecule is CCC(CCN)Nc1ccc(N(O)OC)c(OC)c1. The Morgan fingerprint density at radius 1 is 1.42 bits per heavy atom. The van der Waals surface area contributed by atoms with Crippen LogP contribution in [0.3, 0.4) is 0 Å². The number of methoxy groups -OCH3 is 1. The van der Waals surface area contributed by atoms with Gasteiger partial charge in [0.1, 0.15) is 11.4 Å². The van der Waals surface area contributed by atoms with Gasteiger partial charge < -0.3 is 15.8 Å². The zero-order valence-electron chi connectivity index (χ0n) is 11.7. The van der Waals surface area contributed by atoms with Crippen molar-refractivity contribution in [3.05, 3.63) is 18.2 Å². The van der Waals surface area contributed by atoms with Crippen LogP contribution in [0.2, 0.25) is 0 Å². The highest BCUT2D eigenvalue weighted by atomic mass is 16.9. The Morgan fingerprint density at radius 2 is 2.16 bits per heavy atom. The molecule has 0 aliphatic carbocycles. The molecule has 6 nitrogen and oxygen atoms in total. The summed E-state index contributed by atoms with van der Waals surface area (Å²) in [6.07, 6.45) is 1.90. The normalized spacial score (nSPS) is 12.1. The molecule has 0 spiro atoms. The number of hydrogen-bond donors (Lipinski definition) is 3. The fourth-order valence-electron chi connectivity index (χ4n) is 1.84. The predicted octanol–water partition coefficient (Wildman–Crippen LogP) is 1.99. The lowest BCUT2D eigenvalue weighted by atomic mass is 10.1. The highest BCUT2D eigenvalue weighted by Crippen LogP contribution is 2.30. The molecule has 1 unspecified atom stereocenters. The van der Waals surface area contributed by atoms with Crippen LogP contribution < -0.4 is 21.0 Å². The van der Waals surface area contributed by atoms with Gasteiger partial charge in [-0.2, -0.15) is 0 Å². The number of benzene rings is 1. The summed E-state index contributed by atoms with van der Waals surface area (Å²) in [5.41, 5.74) is 6.94. The predicted molar refractivity (Wildman–Crippen MR) is 75.6 cm³/mol. The molecule has 0 fully saturated rings. The van der Waals surface area contributed by atoms with Crippen LogP contribution in [0.1, 0.15) is 19.8 Å². The third kappa shape index (κ3) is 4.27. The van der Waals surface area contributed by atoms with Crippen molar-refractivity contribution < 1.29 is 14.8 Å². The van der Waals surface area contributed by atoms with Gasteiger partial charge in [0.05, 0.1) is 14.2 Å². The molecule has 0 radical (unpaired) electrons. The largest absolute Gasteiger partial charge is 0.494 e. The van der Waals surface area contributed by atoms with Crippen LogP contribution in [-0.4, -0.2) is 32.0 Å². The highest BCUT2D eigenvalue weighted by Gasteiger charge is 2.12. The lowest BCUT2D eigenvalue weighted by molar-refractivity contribution is -0.0119. The molecule has 0 aliphatic rings. The van der Waals surface area contributed by atoms with Crippen LogP contribution in [0.5, 0.6) is 5.75 Å². The molecule has 0 aromatic heterocycles. The van der Waals surface area contributed by atoms with Gasteiger partial charge in [0, 0.05) is 17.8 Å². The van der Waals surface area contributed by atoms with Gasteiger partial charge in [-0.05, 0) is 31.5 Å². The van der Waals surface area contributed by atoms with Crippen LogP contribution in [0.15, 0.2) is 18.2 Å².